The Bertz CT molecular complexity index is 1090. The average molecular weight is 388 g/mol. The predicted octanol–water partition coefficient (Wildman–Crippen LogP) is 3.55. The van der Waals surface area contributed by atoms with Crippen LogP contribution in [0.25, 0.3) is 0 Å². The van der Waals surface area contributed by atoms with Gasteiger partial charge in [-0.3, -0.25) is 9.80 Å². The highest BCUT2D eigenvalue weighted by Crippen LogP contribution is 2.33. The number of hydrogen-bond acceptors (Lipinski definition) is 6. The highest BCUT2D eigenvalue weighted by Gasteiger charge is 2.37. The molecule has 0 radical (unpaired) electrons. The monoisotopic (exact) mass is 388 g/mol. The van der Waals surface area contributed by atoms with Crippen molar-refractivity contribution in [1.29, 1.82) is 0 Å². The molecule has 0 fully saturated rings. The van der Waals surface area contributed by atoms with E-state index in [0.29, 0.717) is 23.6 Å². The maximum atomic E-state index is 13.0. The van der Waals surface area contributed by atoms with Gasteiger partial charge in [0.1, 0.15) is 12.0 Å². The number of carbonyl (C=O) groups excluding carboxylic acids is 1. The van der Waals surface area contributed by atoms with Crippen molar-refractivity contribution in [2.45, 2.75) is 13.8 Å². The number of rotatable bonds is 4. The van der Waals surface area contributed by atoms with E-state index < -0.39 is 5.97 Å². The number of carbonyl (C=O) groups is 2. The quantitative estimate of drug-likeness (QED) is 0.781. The summed E-state index contributed by atoms with van der Waals surface area (Å²) >= 11 is 0. The highest BCUT2D eigenvalue weighted by molar-refractivity contribution is 6.13. The van der Waals surface area contributed by atoms with Gasteiger partial charge in [0.15, 0.2) is 11.6 Å². The Labute approximate surface area is 168 Å². The fraction of sp³-hybridized carbons (Fsp3) is 0.182. The lowest BCUT2D eigenvalue weighted by molar-refractivity contribution is 0.0696. The standard InChI is InChI=1S/C22H20N4O3/c1-13-8-9-16(22(28)29)10-18(13)25-21-19-14(2)17(11-26(19)24-12-23-21)20(27)15-6-4-3-5-7-15/h3-10,12,17H,11H2,1-2H3,(H,28,29)(H,23,24,25). The largest absolute Gasteiger partial charge is 0.478 e. The zero-order valence-electron chi connectivity index (χ0n) is 16.1. The third-order valence-corrected chi connectivity index (χ3v) is 5.22. The van der Waals surface area contributed by atoms with Crippen molar-refractivity contribution in [3.8, 4) is 0 Å². The lowest BCUT2D eigenvalue weighted by Gasteiger charge is -2.22. The minimum atomic E-state index is -0.994. The van der Waals surface area contributed by atoms with Crippen LogP contribution in [-0.2, 0) is 0 Å². The van der Waals surface area contributed by atoms with E-state index in [1.807, 2.05) is 44.2 Å². The Hall–Kier alpha value is -3.74. The van der Waals surface area contributed by atoms with Gasteiger partial charge in [0.25, 0.3) is 0 Å². The number of aliphatic imine (C=N–C) groups is 1. The normalized spacial score (nSPS) is 17.8. The molecule has 146 valence electrons. The molecule has 1 atom stereocenters. The first kappa shape index (κ1) is 18.6. The molecule has 0 bridgehead atoms. The van der Waals surface area contributed by atoms with Gasteiger partial charge in [0.05, 0.1) is 18.0 Å². The topological polar surface area (TPSA) is 94.4 Å². The van der Waals surface area contributed by atoms with Crippen LogP contribution in [-0.4, -0.2) is 40.6 Å². The van der Waals surface area contributed by atoms with E-state index in [4.69, 9.17) is 0 Å². The average Bonchev–Trinajstić information content (AvgIpc) is 3.07. The number of benzene rings is 2. The zero-order valence-corrected chi connectivity index (χ0v) is 16.1. The first-order valence-corrected chi connectivity index (χ1v) is 9.25. The smallest absolute Gasteiger partial charge is 0.335 e. The van der Waals surface area contributed by atoms with Crippen LogP contribution in [0.15, 0.2) is 69.9 Å². The van der Waals surface area contributed by atoms with Gasteiger partial charge in [-0.1, -0.05) is 36.4 Å². The molecule has 2 N–H and O–H groups in total. The van der Waals surface area contributed by atoms with E-state index in [1.165, 1.54) is 6.34 Å². The molecule has 0 saturated heterocycles. The summed E-state index contributed by atoms with van der Waals surface area (Å²) in [5.74, 6) is -0.720. The molecule has 2 aliphatic heterocycles. The molecule has 4 rings (SSSR count). The highest BCUT2D eigenvalue weighted by atomic mass is 16.4. The van der Waals surface area contributed by atoms with Crippen molar-refractivity contribution in [2.75, 3.05) is 11.9 Å². The molecule has 2 aromatic carbocycles. The summed E-state index contributed by atoms with van der Waals surface area (Å²) in [6, 6.07) is 14.1. The SMILES string of the molecule is CC1=C2C(Nc3cc(C(=O)O)ccc3C)=NC=NN2CC1C(=O)c1ccccc1. The molecule has 0 aliphatic carbocycles. The van der Waals surface area contributed by atoms with Gasteiger partial charge in [-0.2, -0.15) is 5.10 Å². The van der Waals surface area contributed by atoms with Crippen LogP contribution in [0.4, 0.5) is 5.69 Å². The first-order valence-electron chi connectivity index (χ1n) is 9.25. The summed E-state index contributed by atoms with van der Waals surface area (Å²) in [6.07, 6.45) is 1.44. The third-order valence-electron chi connectivity index (χ3n) is 5.22. The number of fused-ring (bicyclic) bond motifs is 1. The molecular weight excluding hydrogens is 368 g/mol. The van der Waals surface area contributed by atoms with E-state index >= 15 is 0 Å². The Balaban J connectivity index is 1.66. The van der Waals surface area contributed by atoms with E-state index in [9.17, 15) is 14.7 Å². The molecule has 7 heteroatoms. The van der Waals surface area contributed by atoms with Gasteiger partial charge in [-0.25, -0.2) is 9.79 Å². The van der Waals surface area contributed by atoms with Crippen molar-refractivity contribution in [3.63, 3.8) is 0 Å². The summed E-state index contributed by atoms with van der Waals surface area (Å²) in [7, 11) is 0. The predicted molar refractivity (Wildman–Crippen MR) is 111 cm³/mol. The number of carboxylic acid groups (broad SMARTS) is 1. The molecule has 2 aromatic rings. The van der Waals surface area contributed by atoms with Crippen LogP contribution in [0.1, 0.15) is 33.2 Å². The number of ketones is 1. The number of carboxylic acids is 1. The van der Waals surface area contributed by atoms with Gasteiger partial charge in [0.2, 0.25) is 0 Å². The van der Waals surface area contributed by atoms with Crippen LogP contribution in [0.3, 0.4) is 0 Å². The number of hydrogen-bond donors (Lipinski definition) is 2. The number of nitrogens with one attached hydrogen (secondary N) is 1. The Morgan fingerprint density at radius 1 is 1.10 bits per heavy atom. The number of hydrazone groups is 1. The minimum absolute atomic E-state index is 0.0450. The number of Topliss-reactive ketones (excluding diaryl/α,β-unsaturated/α-hetero) is 1. The number of anilines is 1. The molecule has 0 spiro atoms. The first-order chi connectivity index (χ1) is 14.0. The van der Waals surface area contributed by atoms with Gasteiger partial charge >= 0.3 is 5.97 Å². The lowest BCUT2D eigenvalue weighted by Crippen LogP contribution is -2.29. The van der Waals surface area contributed by atoms with Crippen LogP contribution < -0.4 is 5.32 Å². The maximum Gasteiger partial charge on any atom is 0.335 e. The number of nitrogens with zero attached hydrogens (tertiary/aromatic N) is 3. The van der Waals surface area contributed by atoms with Crippen molar-refractivity contribution < 1.29 is 14.7 Å². The fourth-order valence-corrected chi connectivity index (χ4v) is 3.58. The number of amidine groups is 1. The maximum absolute atomic E-state index is 13.0. The van der Waals surface area contributed by atoms with Crippen LogP contribution >= 0.6 is 0 Å². The lowest BCUT2D eigenvalue weighted by atomic mass is 9.92. The van der Waals surface area contributed by atoms with E-state index in [1.54, 1.807) is 23.2 Å². The van der Waals surface area contributed by atoms with E-state index in [2.05, 4.69) is 15.4 Å². The van der Waals surface area contributed by atoms with Crippen molar-refractivity contribution in [1.82, 2.24) is 5.01 Å². The minimum Gasteiger partial charge on any atom is -0.478 e. The fourth-order valence-electron chi connectivity index (χ4n) is 3.58. The molecule has 2 heterocycles. The van der Waals surface area contributed by atoms with Gasteiger partial charge in [-0.15, -0.1) is 0 Å². The summed E-state index contributed by atoms with van der Waals surface area (Å²) in [4.78, 5) is 28.7. The Kier molecular flexibility index (Phi) is 4.72. The molecular formula is C22H20N4O3. The van der Waals surface area contributed by atoms with E-state index in [-0.39, 0.29) is 17.3 Å². The molecule has 2 aliphatic rings. The third kappa shape index (κ3) is 3.42. The van der Waals surface area contributed by atoms with E-state index in [0.717, 1.165) is 16.8 Å². The molecule has 7 nitrogen and oxygen atoms in total. The summed E-state index contributed by atoms with van der Waals surface area (Å²) < 4.78 is 0. The second kappa shape index (κ2) is 7.35. The van der Waals surface area contributed by atoms with Crippen LogP contribution in [0.2, 0.25) is 0 Å². The van der Waals surface area contributed by atoms with Gasteiger partial charge in [-0.05, 0) is 37.1 Å². The zero-order chi connectivity index (χ0) is 20.5. The molecule has 29 heavy (non-hydrogen) atoms. The summed E-state index contributed by atoms with van der Waals surface area (Å²) in [5, 5.41) is 18.6. The van der Waals surface area contributed by atoms with Gasteiger partial charge < -0.3 is 10.4 Å². The van der Waals surface area contributed by atoms with Gasteiger partial charge in [0, 0.05) is 11.3 Å². The van der Waals surface area contributed by atoms with Crippen LogP contribution in [0, 0.1) is 12.8 Å². The molecule has 0 saturated carbocycles. The molecule has 0 amide bonds. The Morgan fingerprint density at radius 2 is 1.86 bits per heavy atom. The van der Waals surface area contributed by atoms with Crippen LogP contribution in [0.5, 0.6) is 0 Å². The summed E-state index contributed by atoms with van der Waals surface area (Å²) in [5.41, 5.74) is 4.03. The number of aromatic carboxylic acids is 1. The molecule has 1 unspecified atom stereocenters. The second-order valence-electron chi connectivity index (χ2n) is 7.07. The Morgan fingerprint density at radius 3 is 2.59 bits per heavy atom. The number of aryl methyl sites for hydroxylation is 1. The van der Waals surface area contributed by atoms with Crippen molar-refractivity contribution >= 4 is 29.6 Å². The van der Waals surface area contributed by atoms with Crippen molar-refractivity contribution in [3.05, 3.63) is 76.5 Å². The summed E-state index contributed by atoms with van der Waals surface area (Å²) in [6.45, 7) is 4.25. The van der Waals surface area contributed by atoms with Crippen molar-refractivity contribution in [2.24, 2.45) is 16.0 Å². The molecule has 0 aromatic heterocycles. The second-order valence-corrected chi connectivity index (χ2v) is 7.07.